The molecule has 0 amide bonds. The largest absolute Gasteiger partial charge is 0.465 e. The van der Waals surface area contributed by atoms with Crippen molar-refractivity contribution in [3.8, 4) is 0 Å². The summed E-state index contributed by atoms with van der Waals surface area (Å²) in [7, 11) is 2.99. The van der Waals surface area contributed by atoms with Crippen molar-refractivity contribution in [1.29, 1.82) is 0 Å². The Labute approximate surface area is 111 Å². The van der Waals surface area contributed by atoms with Crippen LogP contribution in [0.3, 0.4) is 0 Å². The molecular formula is C13H17N3O3. The molecule has 0 bridgehead atoms. The maximum atomic E-state index is 11.9. The first-order valence-corrected chi connectivity index (χ1v) is 6.01. The van der Waals surface area contributed by atoms with E-state index >= 15 is 0 Å². The molecule has 2 heterocycles. The molecule has 0 atom stereocenters. The zero-order valence-electron chi connectivity index (χ0n) is 11.6. The number of rotatable bonds is 4. The quantitative estimate of drug-likeness (QED) is 0.778. The van der Waals surface area contributed by atoms with Crippen LogP contribution in [-0.4, -0.2) is 41.4 Å². The zero-order chi connectivity index (χ0) is 14.0. The van der Waals surface area contributed by atoms with E-state index in [1.807, 2.05) is 19.9 Å². The molecule has 0 spiro atoms. The van der Waals surface area contributed by atoms with Gasteiger partial charge in [-0.2, -0.15) is 5.10 Å². The summed E-state index contributed by atoms with van der Waals surface area (Å²) in [6.07, 6.45) is 0.608. The van der Waals surface area contributed by atoms with Crippen molar-refractivity contribution >= 4 is 11.6 Å². The number of esters is 1. The van der Waals surface area contributed by atoms with E-state index in [9.17, 15) is 4.79 Å². The summed E-state index contributed by atoms with van der Waals surface area (Å²) >= 11 is 0. The fourth-order valence-corrected chi connectivity index (χ4v) is 2.04. The van der Waals surface area contributed by atoms with Gasteiger partial charge in [0.15, 0.2) is 11.5 Å². The number of fused-ring (bicyclic) bond motifs is 1. The SMILES string of the molecule is COCCc1nc2c(C(=O)OC)c(C)cc(C)n2n1. The minimum atomic E-state index is -0.395. The number of carbonyl (C=O) groups excluding carboxylic acids is 1. The van der Waals surface area contributed by atoms with Crippen molar-refractivity contribution in [3.63, 3.8) is 0 Å². The molecular weight excluding hydrogens is 246 g/mol. The van der Waals surface area contributed by atoms with Gasteiger partial charge < -0.3 is 9.47 Å². The lowest BCUT2D eigenvalue weighted by Crippen LogP contribution is -2.09. The third-order valence-electron chi connectivity index (χ3n) is 2.95. The Morgan fingerprint density at radius 3 is 2.74 bits per heavy atom. The Balaban J connectivity index is 2.60. The second-order valence-electron chi connectivity index (χ2n) is 4.34. The third kappa shape index (κ3) is 2.44. The minimum absolute atomic E-state index is 0.395. The van der Waals surface area contributed by atoms with Crippen LogP contribution in [0.2, 0.25) is 0 Å². The van der Waals surface area contributed by atoms with E-state index in [2.05, 4.69) is 10.1 Å². The highest BCUT2D eigenvalue weighted by Gasteiger charge is 2.19. The first-order chi connectivity index (χ1) is 9.08. The van der Waals surface area contributed by atoms with Crippen LogP contribution >= 0.6 is 0 Å². The molecule has 102 valence electrons. The summed E-state index contributed by atoms with van der Waals surface area (Å²) in [6, 6.07) is 1.90. The van der Waals surface area contributed by atoms with Crippen molar-refractivity contribution in [3.05, 3.63) is 28.7 Å². The van der Waals surface area contributed by atoms with Crippen molar-refractivity contribution in [1.82, 2.24) is 14.6 Å². The van der Waals surface area contributed by atoms with Gasteiger partial charge in [-0.25, -0.2) is 14.3 Å². The molecule has 0 saturated heterocycles. The molecule has 2 aromatic rings. The Morgan fingerprint density at radius 2 is 2.11 bits per heavy atom. The topological polar surface area (TPSA) is 65.7 Å². The van der Waals surface area contributed by atoms with E-state index in [1.165, 1.54) is 7.11 Å². The Bertz CT molecular complexity index is 619. The van der Waals surface area contributed by atoms with Crippen LogP contribution < -0.4 is 0 Å². The summed E-state index contributed by atoms with van der Waals surface area (Å²) in [4.78, 5) is 16.3. The highest BCUT2D eigenvalue weighted by atomic mass is 16.5. The van der Waals surface area contributed by atoms with Gasteiger partial charge in [-0.05, 0) is 25.5 Å². The molecule has 0 radical (unpaired) electrons. The minimum Gasteiger partial charge on any atom is -0.465 e. The normalized spacial score (nSPS) is 10.9. The van der Waals surface area contributed by atoms with Gasteiger partial charge in [-0.1, -0.05) is 0 Å². The van der Waals surface area contributed by atoms with E-state index < -0.39 is 5.97 Å². The molecule has 2 rings (SSSR count). The summed E-state index contributed by atoms with van der Waals surface area (Å²) in [6.45, 7) is 4.33. The van der Waals surface area contributed by atoms with Crippen LogP contribution in [0.5, 0.6) is 0 Å². The third-order valence-corrected chi connectivity index (χ3v) is 2.95. The van der Waals surface area contributed by atoms with Gasteiger partial charge in [0.1, 0.15) is 5.56 Å². The standard InChI is InChI=1S/C13H17N3O3/c1-8-7-9(2)16-12(11(8)13(17)19-4)14-10(15-16)5-6-18-3/h7H,5-6H2,1-4H3. The summed E-state index contributed by atoms with van der Waals surface area (Å²) < 4.78 is 11.5. The number of pyridine rings is 1. The summed E-state index contributed by atoms with van der Waals surface area (Å²) in [5.74, 6) is 0.258. The second kappa shape index (κ2) is 5.36. The number of nitrogens with zero attached hydrogens (tertiary/aromatic N) is 3. The average molecular weight is 263 g/mol. The van der Waals surface area contributed by atoms with Crippen LogP contribution in [0.1, 0.15) is 27.4 Å². The van der Waals surface area contributed by atoms with Gasteiger partial charge in [0.25, 0.3) is 0 Å². The number of carbonyl (C=O) groups is 1. The first-order valence-electron chi connectivity index (χ1n) is 6.01. The molecule has 0 fully saturated rings. The molecule has 0 aliphatic carbocycles. The molecule has 6 heteroatoms. The maximum Gasteiger partial charge on any atom is 0.341 e. The molecule has 0 aromatic carbocycles. The van der Waals surface area contributed by atoms with Crippen LogP contribution in [0.4, 0.5) is 0 Å². The molecule has 0 saturated carbocycles. The lowest BCUT2D eigenvalue weighted by molar-refractivity contribution is 0.0601. The molecule has 0 N–H and O–H groups in total. The zero-order valence-corrected chi connectivity index (χ0v) is 11.6. The molecule has 19 heavy (non-hydrogen) atoms. The van der Waals surface area contributed by atoms with E-state index in [-0.39, 0.29) is 0 Å². The molecule has 2 aromatic heterocycles. The van der Waals surface area contributed by atoms with Gasteiger partial charge in [0.2, 0.25) is 0 Å². The predicted molar refractivity (Wildman–Crippen MR) is 69.4 cm³/mol. The predicted octanol–water partition coefficient (Wildman–Crippen LogP) is 1.32. The summed E-state index contributed by atoms with van der Waals surface area (Å²) in [5, 5.41) is 4.39. The van der Waals surface area contributed by atoms with Crippen LogP contribution in [0, 0.1) is 13.8 Å². The van der Waals surface area contributed by atoms with Crippen LogP contribution in [0.25, 0.3) is 5.65 Å². The van der Waals surface area contributed by atoms with Gasteiger partial charge in [-0.3, -0.25) is 0 Å². The van der Waals surface area contributed by atoms with Crippen LogP contribution in [-0.2, 0) is 15.9 Å². The highest BCUT2D eigenvalue weighted by molar-refractivity contribution is 5.97. The average Bonchev–Trinajstić information content (AvgIpc) is 2.80. The number of hydrogen-bond donors (Lipinski definition) is 0. The number of hydrogen-bond acceptors (Lipinski definition) is 5. The van der Waals surface area contributed by atoms with E-state index in [0.29, 0.717) is 30.1 Å². The van der Waals surface area contributed by atoms with Gasteiger partial charge in [-0.15, -0.1) is 0 Å². The first kappa shape index (κ1) is 13.5. The van der Waals surface area contributed by atoms with E-state index in [1.54, 1.807) is 11.6 Å². The van der Waals surface area contributed by atoms with Crippen molar-refractivity contribution in [2.75, 3.05) is 20.8 Å². The Hall–Kier alpha value is -1.95. The molecule has 0 aliphatic rings. The monoisotopic (exact) mass is 263 g/mol. The lowest BCUT2D eigenvalue weighted by Gasteiger charge is -2.07. The number of aromatic nitrogens is 3. The molecule has 6 nitrogen and oxygen atoms in total. The van der Waals surface area contributed by atoms with Gasteiger partial charge >= 0.3 is 5.97 Å². The smallest absolute Gasteiger partial charge is 0.341 e. The van der Waals surface area contributed by atoms with Crippen molar-refractivity contribution in [2.24, 2.45) is 0 Å². The van der Waals surface area contributed by atoms with E-state index in [4.69, 9.17) is 9.47 Å². The Kier molecular flexibility index (Phi) is 3.80. The fourth-order valence-electron chi connectivity index (χ4n) is 2.04. The Morgan fingerprint density at radius 1 is 1.37 bits per heavy atom. The van der Waals surface area contributed by atoms with Crippen LogP contribution in [0.15, 0.2) is 6.07 Å². The van der Waals surface area contributed by atoms with E-state index in [0.717, 1.165) is 11.3 Å². The molecule has 0 unspecified atom stereocenters. The van der Waals surface area contributed by atoms with Crippen molar-refractivity contribution < 1.29 is 14.3 Å². The van der Waals surface area contributed by atoms with Crippen molar-refractivity contribution in [2.45, 2.75) is 20.3 Å². The number of methoxy groups -OCH3 is 2. The maximum absolute atomic E-state index is 11.9. The lowest BCUT2D eigenvalue weighted by atomic mass is 10.1. The number of aryl methyl sites for hydroxylation is 2. The highest BCUT2D eigenvalue weighted by Crippen LogP contribution is 2.18. The fraction of sp³-hybridized carbons (Fsp3) is 0.462. The van der Waals surface area contributed by atoms with Gasteiger partial charge in [0.05, 0.1) is 13.7 Å². The molecule has 0 aliphatic heterocycles. The van der Waals surface area contributed by atoms with Gasteiger partial charge in [0, 0.05) is 19.2 Å². The summed E-state index contributed by atoms with van der Waals surface area (Å²) in [5.41, 5.74) is 2.76. The number of ether oxygens (including phenoxy) is 2. The second-order valence-corrected chi connectivity index (χ2v) is 4.34.